The normalized spacial score (nSPS) is 36.8. The summed E-state index contributed by atoms with van der Waals surface area (Å²) < 4.78 is 5.18. The lowest BCUT2D eigenvalue weighted by atomic mass is 10.1. The van der Waals surface area contributed by atoms with Gasteiger partial charge in [-0.2, -0.15) is 0 Å². The molecule has 4 nitrogen and oxygen atoms in total. The number of aliphatic hydroxyl groups is 1. The summed E-state index contributed by atoms with van der Waals surface area (Å²) >= 11 is 0. The van der Waals surface area contributed by atoms with Crippen molar-refractivity contribution in [2.24, 2.45) is 0 Å². The van der Waals surface area contributed by atoms with Gasteiger partial charge in [-0.3, -0.25) is 9.69 Å². The Morgan fingerprint density at radius 1 is 1.38 bits per heavy atom. The number of Topliss-reactive ketones (excluding diaryl/α,β-unsaturated/α-hetero) is 1. The Morgan fingerprint density at radius 3 is 2.62 bits per heavy atom. The number of morpholine rings is 1. The van der Waals surface area contributed by atoms with Crippen LogP contribution < -0.4 is 0 Å². The molecule has 1 saturated heterocycles. The first-order chi connectivity index (χ1) is 6.23. The molecule has 2 aliphatic rings. The van der Waals surface area contributed by atoms with Crippen molar-refractivity contribution in [2.45, 2.75) is 25.0 Å². The lowest BCUT2D eigenvalue weighted by Crippen LogP contribution is -2.55. The van der Waals surface area contributed by atoms with Crippen LogP contribution >= 0.6 is 0 Å². The van der Waals surface area contributed by atoms with Crippen LogP contribution in [0.3, 0.4) is 0 Å². The van der Waals surface area contributed by atoms with E-state index in [9.17, 15) is 9.90 Å². The quantitative estimate of drug-likeness (QED) is 0.612. The highest BCUT2D eigenvalue weighted by molar-refractivity contribution is 5.88. The van der Waals surface area contributed by atoms with Crippen molar-refractivity contribution >= 4 is 5.78 Å². The standard InChI is InChI=1S/C9H15NO3/c11-8-2-1-3-9(8,12)10-4-6-13-7-5-10/h12H,1-7H2. The summed E-state index contributed by atoms with van der Waals surface area (Å²) in [5.41, 5.74) is -1.16. The van der Waals surface area contributed by atoms with Gasteiger partial charge in [0.2, 0.25) is 0 Å². The van der Waals surface area contributed by atoms with Gasteiger partial charge in [-0.1, -0.05) is 0 Å². The molecule has 0 amide bonds. The molecular formula is C9H15NO3. The predicted molar refractivity (Wildman–Crippen MR) is 46.2 cm³/mol. The second-order valence-corrected chi connectivity index (χ2v) is 3.69. The molecular weight excluding hydrogens is 170 g/mol. The molecule has 1 saturated carbocycles. The Balaban J connectivity index is 2.08. The molecule has 0 aromatic carbocycles. The summed E-state index contributed by atoms with van der Waals surface area (Å²) in [5, 5.41) is 10.1. The van der Waals surface area contributed by atoms with Crippen LogP contribution in [-0.4, -0.2) is 47.8 Å². The van der Waals surface area contributed by atoms with Gasteiger partial charge in [-0.05, 0) is 12.8 Å². The van der Waals surface area contributed by atoms with Crippen LogP contribution in [0.1, 0.15) is 19.3 Å². The minimum atomic E-state index is -1.16. The molecule has 1 aliphatic heterocycles. The third-order valence-corrected chi connectivity index (χ3v) is 2.91. The number of carbonyl (C=O) groups is 1. The molecule has 1 aliphatic carbocycles. The number of nitrogens with zero attached hydrogens (tertiary/aromatic N) is 1. The van der Waals surface area contributed by atoms with E-state index in [1.54, 1.807) is 0 Å². The SMILES string of the molecule is O=C1CCCC1(O)N1CCOCC1. The first-order valence-corrected chi connectivity index (χ1v) is 4.82. The molecule has 1 heterocycles. The molecule has 0 spiro atoms. The summed E-state index contributed by atoms with van der Waals surface area (Å²) in [6, 6.07) is 0. The highest BCUT2D eigenvalue weighted by atomic mass is 16.5. The second kappa shape index (κ2) is 3.36. The highest BCUT2D eigenvalue weighted by Crippen LogP contribution is 2.29. The van der Waals surface area contributed by atoms with E-state index >= 15 is 0 Å². The number of carbonyl (C=O) groups excluding carboxylic acids is 1. The van der Waals surface area contributed by atoms with Gasteiger partial charge < -0.3 is 9.84 Å². The number of ketones is 1. The van der Waals surface area contributed by atoms with Gasteiger partial charge in [0.15, 0.2) is 11.5 Å². The van der Waals surface area contributed by atoms with E-state index in [0.717, 1.165) is 6.42 Å². The lowest BCUT2D eigenvalue weighted by Gasteiger charge is -2.37. The molecule has 1 atom stereocenters. The zero-order valence-electron chi connectivity index (χ0n) is 7.66. The maximum Gasteiger partial charge on any atom is 0.179 e. The first kappa shape index (κ1) is 9.12. The number of ether oxygens (including phenoxy) is 1. The minimum absolute atomic E-state index is 0.0191. The Bertz CT molecular complexity index is 213. The van der Waals surface area contributed by atoms with Crippen LogP contribution in [0, 0.1) is 0 Å². The summed E-state index contributed by atoms with van der Waals surface area (Å²) in [6.07, 6.45) is 1.92. The summed E-state index contributed by atoms with van der Waals surface area (Å²) in [4.78, 5) is 13.3. The molecule has 74 valence electrons. The van der Waals surface area contributed by atoms with Crippen LogP contribution in [0.25, 0.3) is 0 Å². The molecule has 0 aromatic rings. The van der Waals surface area contributed by atoms with Gasteiger partial charge >= 0.3 is 0 Å². The fourth-order valence-electron chi connectivity index (χ4n) is 2.10. The van der Waals surface area contributed by atoms with Crippen LogP contribution in [0.15, 0.2) is 0 Å². The number of hydrogen-bond acceptors (Lipinski definition) is 4. The highest BCUT2D eigenvalue weighted by Gasteiger charge is 2.45. The van der Waals surface area contributed by atoms with E-state index in [0.29, 0.717) is 39.1 Å². The van der Waals surface area contributed by atoms with Crippen LogP contribution in [0.2, 0.25) is 0 Å². The molecule has 0 bridgehead atoms. The van der Waals surface area contributed by atoms with Gasteiger partial charge in [0, 0.05) is 19.5 Å². The van der Waals surface area contributed by atoms with Crippen molar-refractivity contribution in [1.29, 1.82) is 0 Å². The maximum absolute atomic E-state index is 11.5. The van der Waals surface area contributed by atoms with Gasteiger partial charge in [-0.15, -0.1) is 0 Å². The fraction of sp³-hybridized carbons (Fsp3) is 0.889. The zero-order chi connectivity index (χ0) is 9.31. The Kier molecular flexibility index (Phi) is 2.36. The van der Waals surface area contributed by atoms with E-state index in [-0.39, 0.29) is 5.78 Å². The lowest BCUT2D eigenvalue weighted by molar-refractivity contribution is -0.164. The topological polar surface area (TPSA) is 49.8 Å². The third kappa shape index (κ3) is 1.49. The first-order valence-electron chi connectivity index (χ1n) is 4.82. The van der Waals surface area contributed by atoms with Gasteiger partial charge in [0.05, 0.1) is 13.2 Å². The summed E-state index contributed by atoms with van der Waals surface area (Å²) in [7, 11) is 0. The Morgan fingerprint density at radius 2 is 2.08 bits per heavy atom. The molecule has 0 aromatic heterocycles. The molecule has 2 rings (SSSR count). The average molecular weight is 185 g/mol. The predicted octanol–water partition coefficient (Wildman–Crippen LogP) is -0.240. The summed E-state index contributed by atoms with van der Waals surface area (Å²) in [6.45, 7) is 2.58. The van der Waals surface area contributed by atoms with Crippen LogP contribution in [0.4, 0.5) is 0 Å². The molecule has 4 heteroatoms. The summed E-state index contributed by atoms with van der Waals surface area (Å²) in [5.74, 6) is -0.0191. The minimum Gasteiger partial charge on any atom is -0.379 e. The van der Waals surface area contributed by atoms with Crippen molar-refractivity contribution in [1.82, 2.24) is 4.90 Å². The second-order valence-electron chi connectivity index (χ2n) is 3.69. The van der Waals surface area contributed by atoms with E-state index < -0.39 is 5.72 Å². The number of hydrogen-bond donors (Lipinski definition) is 1. The van der Waals surface area contributed by atoms with Gasteiger partial charge in [-0.25, -0.2) is 0 Å². The average Bonchev–Trinajstić information content (AvgIpc) is 2.50. The largest absolute Gasteiger partial charge is 0.379 e. The fourth-order valence-corrected chi connectivity index (χ4v) is 2.10. The van der Waals surface area contributed by atoms with E-state index in [2.05, 4.69) is 0 Å². The Hall–Kier alpha value is -0.450. The monoisotopic (exact) mass is 185 g/mol. The van der Waals surface area contributed by atoms with Crippen molar-refractivity contribution in [3.05, 3.63) is 0 Å². The molecule has 1 unspecified atom stereocenters. The van der Waals surface area contributed by atoms with Gasteiger partial charge in [0.1, 0.15) is 0 Å². The Labute approximate surface area is 77.5 Å². The van der Waals surface area contributed by atoms with E-state index in [4.69, 9.17) is 4.74 Å². The molecule has 2 fully saturated rings. The van der Waals surface area contributed by atoms with Crippen LogP contribution in [-0.2, 0) is 9.53 Å². The maximum atomic E-state index is 11.5. The van der Waals surface area contributed by atoms with E-state index in [1.165, 1.54) is 0 Å². The number of rotatable bonds is 1. The van der Waals surface area contributed by atoms with E-state index in [1.807, 2.05) is 4.90 Å². The van der Waals surface area contributed by atoms with Crippen molar-refractivity contribution < 1.29 is 14.6 Å². The smallest absolute Gasteiger partial charge is 0.179 e. The zero-order valence-corrected chi connectivity index (χ0v) is 7.66. The van der Waals surface area contributed by atoms with Crippen molar-refractivity contribution in [3.63, 3.8) is 0 Å². The third-order valence-electron chi connectivity index (χ3n) is 2.91. The molecule has 0 radical (unpaired) electrons. The molecule has 13 heavy (non-hydrogen) atoms. The molecule has 1 N–H and O–H groups in total. The van der Waals surface area contributed by atoms with Crippen LogP contribution in [0.5, 0.6) is 0 Å². The van der Waals surface area contributed by atoms with Gasteiger partial charge in [0.25, 0.3) is 0 Å². The van der Waals surface area contributed by atoms with Crippen molar-refractivity contribution in [3.8, 4) is 0 Å². The van der Waals surface area contributed by atoms with Crippen molar-refractivity contribution in [2.75, 3.05) is 26.3 Å².